The lowest BCUT2D eigenvalue weighted by Gasteiger charge is -2.07. The summed E-state index contributed by atoms with van der Waals surface area (Å²) in [5, 5.41) is 12.4. The van der Waals surface area contributed by atoms with Gasteiger partial charge < -0.3 is 15.2 Å². The normalized spacial score (nSPS) is 20.7. The van der Waals surface area contributed by atoms with Gasteiger partial charge in [-0.3, -0.25) is 9.79 Å². The third-order valence-corrected chi connectivity index (χ3v) is 4.86. The molecule has 27 heavy (non-hydrogen) atoms. The number of amides is 1. The van der Waals surface area contributed by atoms with Crippen molar-refractivity contribution in [3.8, 4) is 0 Å². The van der Waals surface area contributed by atoms with Gasteiger partial charge in [-0.25, -0.2) is 0 Å². The molecule has 6 heteroatoms. The Bertz CT molecular complexity index is 755. The molecule has 2 heterocycles. The molecule has 5 nitrogen and oxygen atoms in total. The number of thioether (sulfide) groups is 1. The molecule has 0 saturated carbocycles. The van der Waals surface area contributed by atoms with E-state index < -0.39 is 6.10 Å². The van der Waals surface area contributed by atoms with Gasteiger partial charge in [0.05, 0.1) is 23.5 Å². The van der Waals surface area contributed by atoms with Gasteiger partial charge >= 0.3 is 0 Å². The molecular weight excluding hydrogens is 360 g/mol. The fourth-order valence-electron chi connectivity index (χ4n) is 2.38. The fraction of sp³-hybridized carbons (Fsp3) is 0.333. The first-order valence-electron chi connectivity index (χ1n) is 8.86. The van der Waals surface area contributed by atoms with Crippen LogP contribution in [0.3, 0.4) is 0 Å². The van der Waals surface area contributed by atoms with E-state index in [1.165, 1.54) is 11.8 Å². The number of nitrogens with zero attached hydrogens (tertiary/aromatic N) is 1. The Morgan fingerprint density at radius 1 is 1.52 bits per heavy atom. The van der Waals surface area contributed by atoms with Crippen LogP contribution in [0.4, 0.5) is 0 Å². The highest BCUT2D eigenvalue weighted by atomic mass is 32.2. The van der Waals surface area contributed by atoms with Crippen LogP contribution in [0.5, 0.6) is 0 Å². The largest absolute Gasteiger partial charge is 0.493 e. The Balaban J connectivity index is 1.89. The standard InChI is InChI=1S/C21H26N2O3S/c1-4-19(9-8-15(2)12-20-21(25)23-14-27-20)26-11-10-18-7-5-6-17(13-22-18)16(3)24/h4-6,8-9,12-13,16,24H,1,7,10-11,14H2,2-3H3,(H,23,25)/b15-8+,19-9+,20-12-. The number of ether oxygens (including phenoxy) is 1. The quantitative estimate of drug-likeness (QED) is 0.378. The molecule has 0 aromatic carbocycles. The zero-order valence-electron chi connectivity index (χ0n) is 15.8. The smallest absolute Gasteiger partial charge is 0.258 e. The first-order chi connectivity index (χ1) is 13.0. The first kappa shape index (κ1) is 21.0. The Labute approximate surface area is 165 Å². The second-order valence-electron chi connectivity index (χ2n) is 6.19. The van der Waals surface area contributed by atoms with Crippen molar-refractivity contribution in [1.29, 1.82) is 0 Å². The van der Waals surface area contributed by atoms with Gasteiger partial charge in [0.25, 0.3) is 5.91 Å². The topological polar surface area (TPSA) is 70.9 Å². The van der Waals surface area contributed by atoms with Gasteiger partial charge in [-0.2, -0.15) is 0 Å². The summed E-state index contributed by atoms with van der Waals surface area (Å²) >= 11 is 1.50. The number of carbonyl (C=O) groups is 1. The van der Waals surface area contributed by atoms with Crippen LogP contribution < -0.4 is 5.32 Å². The molecule has 1 amide bonds. The van der Waals surface area contributed by atoms with Crippen LogP contribution in [-0.2, 0) is 9.53 Å². The highest BCUT2D eigenvalue weighted by Gasteiger charge is 2.16. The van der Waals surface area contributed by atoms with E-state index in [1.54, 1.807) is 19.2 Å². The van der Waals surface area contributed by atoms with Gasteiger partial charge in [0.2, 0.25) is 0 Å². The predicted molar refractivity (Wildman–Crippen MR) is 112 cm³/mol. The lowest BCUT2D eigenvalue weighted by molar-refractivity contribution is -0.116. The number of rotatable bonds is 8. The van der Waals surface area contributed by atoms with Gasteiger partial charge in [0.15, 0.2) is 0 Å². The summed E-state index contributed by atoms with van der Waals surface area (Å²) < 4.78 is 5.77. The van der Waals surface area contributed by atoms with E-state index in [0.717, 1.165) is 28.2 Å². The van der Waals surface area contributed by atoms with E-state index in [9.17, 15) is 9.90 Å². The maximum absolute atomic E-state index is 11.6. The molecule has 0 spiro atoms. The van der Waals surface area contributed by atoms with E-state index in [4.69, 9.17) is 4.74 Å². The Hall–Kier alpha value is -2.31. The molecule has 2 N–H and O–H groups in total. The molecule has 2 aliphatic heterocycles. The van der Waals surface area contributed by atoms with E-state index in [0.29, 0.717) is 24.7 Å². The highest BCUT2D eigenvalue weighted by Crippen LogP contribution is 2.22. The van der Waals surface area contributed by atoms with Crippen LogP contribution in [-0.4, -0.2) is 35.3 Å². The van der Waals surface area contributed by atoms with Crippen molar-refractivity contribution in [2.24, 2.45) is 4.99 Å². The van der Waals surface area contributed by atoms with Gasteiger partial charge in [-0.1, -0.05) is 36.6 Å². The van der Waals surface area contributed by atoms with Crippen LogP contribution >= 0.6 is 11.8 Å². The predicted octanol–water partition coefficient (Wildman–Crippen LogP) is 3.78. The van der Waals surface area contributed by atoms with E-state index in [2.05, 4.69) is 16.9 Å². The number of carbonyl (C=O) groups excluding carboxylic acids is 1. The van der Waals surface area contributed by atoms with Crippen molar-refractivity contribution in [2.45, 2.75) is 32.8 Å². The SMILES string of the molecule is C=C\C(=C/C=C(C)/C=C1\SCNC1=O)OCCC1=NC=C(C(C)O)C=CC1. The monoisotopic (exact) mass is 386 g/mol. The zero-order chi connectivity index (χ0) is 19.6. The van der Waals surface area contributed by atoms with E-state index in [1.807, 2.05) is 37.3 Å². The van der Waals surface area contributed by atoms with Crippen molar-refractivity contribution in [3.63, 3.8) is 0 Å². The third-order valence-electron chi connectivity index (χ3n) is 3.96. The molecular formula is C21H26N2O3S. The molecule has 0 aliphatic carbocycles. The maximum atomic E-state index is 11.6. The summed E-state index contributed by atoms with van der Waals surface area (Å²) in [6.45, 7) is 7.94. The summed E-state index contributed by atoms with van der Waals surface area (Å²) in [6.07, 6.45) is 13.8. The Morgan fingerprint density at radius 3 is 3.00 bits per heavy atom. The number of aliphatic hydroxyl groups is 1. The molecule has 2 rings (SSSR count). The number of aliphatic hydroxyl groups excluding tert-OH is 1. The molecule has 0 bridgehead atoms. The summed E-state index contributed by atoms with van der Waals surface area (Å²) in [5.74, 6) is 1.27. The van der Waals surface area contributed by atoms with E-state index in [-0.39, 0.29) is 5.91 Å². The highest BCUT2D eigenvalue weighted by molar-refractivity contribution is 8.04. The first-order valence-corrected chi connectivity index (χ1v) is 9.85. The van der Waals surface area contributed by atoms with Gasteiger partial charge in [0, 0.05) is 24.8 Å². The number of allylic oxidation sites excluding steroid dienone is 6. The lowest BCUT2D eigenvalue weighted by Crippen LogP contribution is -2.14. The van der Waals surface area contributed by atoms with Crippen LogP contribution in [0.2, 0.25) is 0 Å². The van der Waals surface area contributed by atoms with Crippen molar-refractivity contribution in [3.05, 3.63) is 71.0 Å². The van der Waals surface area contributed by atoms with Crippen LogP contribution in [0.1, 0.15) is 26.7 Å². The molecule has 1 fully saturated rings. The number of hydrogen-bond donors (Lipinski definition) is 2. The average Bonchev–Trinajstić information content (AvgIpc) is 2.90. The molecule has 0 aromatic rings. The Morgan fingerprint density at radius 2 is 2.33 bits per heavy atom. The maximum Gasteiger partial charge on any atom is 0.258 e. The van der Waals surface area contributed by atoms with Crippen LogP contribution in [0.25, 0.3) is 0 Å². The average molecular weight is 387 g/mol. The van der Waals surface area contributed by atoms with Gasteiger partial charge in [-0.15, -0.1) is 0 Å². The molecule has 2 aliphatic rings. The number of nitrogens with one attached hydrogen (secondary N) is 1. The molecule has 0 radical (unpaired) electrons. The second kappa shape index (κ2) is 10.7. The molecule has 1 saturated heterocycles. The molecule has 1 atom stereocenters. The summed E-state index contributed by atoms with van der Waals surface area (Å²) in [7, 11) is 0. The van der Waals surface area contributed by atoms with Crippen molar-refractivity contribution < 1.29 is 14.6 Å². The number of hydrogen-bond acceptors (Lipinski definition) is 5. The summed E-state index contributed by atoms with van der Waals surface area (Å²) in [5.41, 5.74) is 2.78. The molecule has 1 unspecified atom stereocenters. The van der Waals surface area contributed by atoms with Crippen molar-refractivity contribution >= 4 is 23.4 Å². The minimum Gasteiger partial charge on any atom is -0.493 e. The summed E-state index contributed by atoms with van der Waals surface area (Å²) in [6, 6.07) is 0. The second-order valence-corrected chi connectivity index (χ2v) is 7.21. The zero-order valence-corrected chi connectivity index (χ0v) is 16.6. The van der Waals surface area contributed by atoms with Crippen LogP contribution in [0, 0.1) is 0 Å². The molecule has 144 valence electrons. The molecule has 0 aromatic heterocycles. The fourth-order valence-corrected chi connectivity index (χ4v) is 3.21. The van der Waals surface area contributed by atoms with Crippen molar-refractivity contribution in [2.75, 3.05) is 12.5 Å². The summed E-state index contributed by atoms with van der Waals surface area (Å²) in [4.78, 5) is 16.7. The third kappa shape index (κ3) is 7.07. The Kier molecular flexibility index (Phi) is 8.36. The van der Waals surface area contributed by atoms with Gasteiger partial charge in [-0.05, 0) is 43.2 Å². The van der Waals surface area contributed by atoms with Crippen LogP contribution in [0.15, 0.2) is 76.0 Å². The van der Waals surface area contributed by atoms with Crippen molar-refractivity contribution in [1.82, 2.24) is 5.32 Å². The van der Waals surface area contributed by atoms with Gasteiger partial charge in [0.1, 0.15) is 5.76 Å². The van der Waals surface area contributed by atoms with E-state index >= 15 is 0 Å². The lowest BCUT2D eigenvalue weighted by atomic mass is 10.1. The minimum atomic E-state index is -0.519. The number of aliphatic imine (C=N–C) groups is 1. The minimum absolute atomic E-state index is 0.0250.